The van der Waals surface area contributed by atoms with Crippen LogP contribution in [0.15, 0.2) is 30.3 Å². The Hall–Kier alpha value is -0.269. The zero-order valence-corrected chi connectivity index (χ0v) is 14.2. The van der Waals surface area contributed by atoms with Crippen LogP contribution in [-0.2, 0) is 16.0 Å². The van der Waals surface area contributed by atoms with Gasteiger partial charge in [-0.05, 0) is 18.4 Å². The van der Waals surface area contributed by atoms with Crippen LogP contribution in [0.3, 0.4) is 0 Å². The van der Waals surface area contributed by atoms with Gasteiger partial charge in [0.2, 0.25) is 0 Å². The molecule has 1 aromatic rings. The van der Waals surface area contributed by atoms with Gasteiger partial charge in [-0.25, -0.2) is 0 Å². The summed E-state index contributed by atoms with van der Waals surface area (Å²) in [5.41, 5.74) is -1.00. The topological polar surface area (TPSA) is 74.6 Å². The summed E-state index contributed by atoms with van der Waals surface area (Å²) in [5.74, 6) is -2.57. The molecule has 0 fully saturated rings. The fraction of sp³-hybridized carbons (Fsp3) is 0.333. The van der Waals surface area contributed by atoms with E-state index in [1.807, 2.05) is 0 Å². The van der Waals surface area contributed by atoms with Crippen molar-refractivity contribution in [3.05, 3.63) is 35.9 Å². The summed E-state index contributed by atoms with van der Waals surface area (Å²) in [6, 6.07) is 8.80. The molecule has 0 bridgehead atoms. The van der Waals surface area contributed by atoms with Crippen LogP contribution in [0.1, 0.15) is 21.8 Å². The van der Waals surface area contributed by atoms with Gasteiger partial charge in [-0.3, -0.25) is 9.59 Å². The predicted octanol–water partition coefficient (Wildman–Crippen LogP) is 1.64. The number of hydrogen-bond donors (Lipinski definition) is 2. The smallest absolute Gasteiger partial charge is 1.00 e. The van der Waals surface area contributed by atoms with Gasteiger partial charge < -0.3 is 13.1 Å². The number of hydrogen-bond acceptors (Lipinski definition) is 2. The Morgan fingerprint density at radius 3 is 2.00 bits per heavy atom. The summed E-state index contributed by atoms with van der Waals surface area (Å²) in [6.45, 7) is 1.57. The largest absolute Gasteiger partial charge is 2.00 e. The van der Waals surface area contributed by atoms with Gasteiger partial charge in [0.15, 0.2) is 5.41 Å². The molecular weight excluding hydrogens is 345 g/mol. The summed E-state index contributed by atoms with van der Waals surface area (Å²) >= 11 is 0. The molecule has 0 saturated heterocycles. The van der Waals surface area contributed by atoms with E-state index in [1.54, 1.807) is 37.3 Å². The van der Waals surface area contributed by atoms with Gasteiger partial charge in [-0.2, -0.15) is 0 Å². The SMILES string of the molecule is CCC(Cc1ccccc1)(C(=O)O)C(=O)O.[Ba+2].[H-].[H-]. The van der Waals surface area contributed by atoms with Crippen molar-refractivity contribution in [2.75, 3.05) is 0 Å². The van der Waals surface area contributed by atoms with Crippen LogP contribution < -0.4 is 0 Å². The number of aliphatic carboxylic acids is 2. The third-order valence-corrected chi connectivity index (χ3v) is 2.77. The van der Waals surface area contributed by atoms with Crippen LogP contribution in [0.5, 0.6) is 0 Å². The van der Waals surface area contributed by atoms with E-state index in [2.05, 4.69) is 0 Å². The molecule has 0 unspecified atom stereocenters. The monoisotopic (exact) mass is 362 g/mol. The molecule has 1 aromatic carbocycles. The maximum absolute atomic E-state index is 11.1. The molecule has 0 aliphatic rings. The fourth-order valence-corrected chi connectivity index (χ4v) is 1.61. The van der Waals surface area contributed by atoms with Crippen molar-refractivity contribution < 1.29 is 22.7 Å². The molecule has 90 valence electrons. The maximum atomic E-state index is 11.1. The van der Waals surface area contributed by atoms with Gasteiger partial charge in [0.1, 0.15) is 0 Å². The molecule has 0 saturated carbocycles. The van der Waals surface area contributed by atoms with Crippen LogP contribution in [0.4, 0.5) is 0 Å². The first-order valence-electron chi connectivity index (χ1n) is 5.03. The minimum atomic E-state index is -1.72. The minimum absolute atomic E-state index is 0. The van der Waals surface area contributed by atoms with Crippen LogP contribution >= 0.6 is 0 Å². The molecule has 0 amide bonds. The molecule has 2 N–H and O–H groups in total. The predicted molar refractivity (Wildman–Crippen MR) is 66.1 cm³/mol. The normalized spacial score (nSPS) is 10.4. The molecule has 0 aliphatic heterocycles. The van der Waals surface area contributed by atoms with E-state index < -0.39 is 17.4 Å². The quantitative estimate of drug-likeness (QED) is 0.618. The van der Waals surface area contributed by atoms with Crippen LogP contribution in [0.2, 0.25) is 0 Å². The van der Waals surface area contributed by atoms with Crippen molar-refractivity contribution in [3.63, 3.8) is 0 Å². The van der Waals surface area contributed by atoms with Crippen molar-refractivity contribution in [1.29, 1.82) is 0 Å². The number of carboxylic acid groups (broad SMARTS) is 2. The Bertz CT molecular complexity index is 384. The average Bonchev–Trinajstić information content (AvgIpc) is 2.26. The summed E-state index contributed by atoms with van der Waals surface area (Å²) in [4.78, 5) is 22.2. The third kappa shape index (κ3) is 3.86. The Labute approximate surface area is 143 Å². The zero-order chi connectivity index (χ0) is 12.2. The van der Waals surface area contributed by atoms with Crippen molar-refractivity contribution in [2.45, 2.75) is 19.8 Å². The summed E-state index contributed by atoms with van der Waals surface area (Å²) in [7, 11) is 0. The first kappa shape index (κ1) is 16.7. The van der Waals surface area contributed by atoms with Crippen molar-refractivity contribution >= 4 is 60.8 Å². The molecule has 0 heterocycles. The van der Waals surface area contributed by atoms with Crippen LogP contribution in [0, 0.1) is 5.41 Å². The second-order valence-electron chi connectivity index (χ2n) is 3.71. The van der Waals surface area contributed by atoms with Crippen LogP contribution in [0.25, 0.3) is 0 Å². The average molecular weight is 362 g/mol. The molecule has 0 atom stereocenters. The number of carboxylic acids is 2. The van der Waals surface area contributed by atoms with E-state index in [0.29, 0.717) is 5.56 Å². The first-order chi connectivity index (χ1) is 7.53. The minimum Gasteiger partial charge on any atom is -1.00 e. The summed E-state index contributed by atoms with van der Waals surface area (Å²) < 4.78 is 0. The van der Waals surface area contributed by atoms with Gasteiger partial charge >= 0.3 is 60.8 Å². The molecule has 0 aromatic heterocycles. The van der Waals surface area contributed by atoms with E-state index in [9.17, 15) is 9.59 Å². The Balaban J connectivity index is -0.000000853. The Morgan fingerprint density at radius 2 is 1.65 bits per heavy atom. The fourth-order valence-electron chi connectivity index (χ4n) is 1.61. The van der Waals surface area contributed by atoms with Gasteiger partial charge in [-0.15, -0.1) is 0 Å². The number of carbonyl (C=O) groups is 2. The van der Waals surface area contributed by atoms with Gasteiger partial charge in [0, 0.05) is 0 Å². The first-order valence-corrected chi connectivity index (χ1v) is 5.03. The van der Waals surface area contributed by atoms with Gasteiger partial charge in [0.25, 0.3) is 0 Å². The summed E-state index contributed by atoms with van der Waals surface area (Å²) in [5, 5.41) is 18.1. The summed E-state index contributed by atoms with van der Waals surface area (Å²) in [6.07, 6.45) is 0.0710. The third-order valence-electron chi connectivity index (χ3n) is 2.77. The number of benzene rings is 1. The molecule has 0 spiro atoms. The molecule has 0 aliphatic carbocycles. The van der Waals surface area contributed by atoms with E-state index in [4.69, 9.17) is 10.2 Å². The van der Waals surface area contributed by atoms with Crippen molar-refractivity contribution in [1.82, 2.24) is 0 Å². The molecule has 1 rings (SSSR count). The second-order valence-corrected chi connectivity index (χ2v) is 3.71. The Kier molecular flexibility index (Phi) is 7.11. The molecule has 0 radical (unpaired) electrons. The van der Waals surface area contributed by atoms with Gasteiger partial charge in [-0.1, -0.05) is 37.3 Å². The van der Waals surface area contributed by atoms with E-state index >= 15 is 0 Å². The Morgan fingerprint density at radius 1 is 1.18 bits per heavy atom. The molecule has 5 heteroatoms. The molecule has 17 heavy (non-hydrogen) atoms. The molecule has 4 nitrogen and oxygen atoms in total. The van der Waals surface area contributed by atoms with Crippen molar-refractivity contribution in [3.8, 4) is 0 Å². The van der Waals surface area contributed by atoms with E-state index in [0.717, 1.165) is 0 Å². The zero-order valence-electron chi connectivity index (χ0n) is 11.7. The maximum Gasteiger partial charge on any atom is 2.00 e. The van der Waals surface area contributed by atoms with Crippen molar-refractivity contribution in [2.24, 2.45) is 5.41 Å². The molecular formula is C12H16BaO4. The van der Waals surface area contributed by atoms with Gasteiger partial charge in [0.05, 0.1) is 0 Å². The van der Waals surface area contributed by atoms with E-state index in [-0.39, 0.29) is 64.6 Å². The standard InChI is InChI=1S/C12H14O4.Ba.2H/c1-2-12(10(13)14,11(15)16)8-9-6-4-3-5-7-9;;;/h3-7H,2,8H2,1H3,(H,13,14)(H,15,16);;;/q;+2;2*-1. The van der Waals surface area contributed by atoms with Crippen LogP contribution in [-0.4, -0.2) is 71.0 Å². The van der Waals surface area contributed by atoms with E-state index in [1.165, 1.54) is 0 Å². The second kappa shape index (κ2) is 7.23. The number of rotatable bonds is 5.